The molecule has 136 valence electrons. The molecule has 1 heterocycles. The molecular weight excluding hydrogens is 324 g/mol. The van der Waals surface area contributed by atoms with Crippen LogP contribution in [0.5, 0.6) is 0 Å². The first-order valence-electron chi connectivity index (χ1n) is 8.00. The lowest BCUT2D eigenvalue weighted by molar-refractivity contribution is -0.139. The quantitative estimate of drug-likeness (QED) is 0.712. The van der Waals surface area contributed by atoms with E-state index in [0.717, 1.165) is 16.9 Å². The van der Waals surface area contributed by atoms with E-state index in [1.165, 1.54) is 0 Å². The number of carboxylic acid groups (broad SMARTS) is 1. The van der Waals surface area contributed by atoms with E-state index < -0.39 is 23.7 Å². The molecule has 0 radical (unpaired) electrons. The summed E-state index contributed by atoms with van der Waals surface area (Å²) in [6.45, 7) is 5.15. The molecule has 1 aromatic carbocycles. The number of nitrogens with zero attached hydrogens (tertiary/aromatic N) is 2. The van der Waals surface area contributed by atoms with Gasteiger partial charge in [-0.1, -0.05) is 0 Å². The average Bonchev–Trinajstić information content (AvgIpc) is 2.77. The number of carbonyl (C=O) groups excluding carboxylic acids is 1. The van der Waals surface area contributed by atoms with Crippen LogP contribution in [0, 0.1) is 0 Å². The van der Waals surface area contributed by atoms with Crippen molar-refractivity contribution in [1.82, 2.24) is 14.9 Å². The summed E-state index contributed by atoms with van der Waals surface area (Å²) in [4.78, 5) is 27.7. The second kappa shape index (κ2) is 7.00. The van der Waals surface area contributed by atoms with Gasteiger partial charge >= 0.3 is 12.1 Å². The summed E-state index contributed by atoms with van der Waals surface area (Å²) < 4.78 is 7.00. The van der Waals surface area contributed by atoms with Gasteiger partial charge in [0.2, 0.25) is 0 Å². The van der Waals surface area contributed by atoms with Crippen molar-refractivity contribution >= 4 is 28.8 Å². The highest BCUT2D eigenvalue weighted by molar-refractivity contribution is 5.80. The Morgan fingerprint density at radius 3 is 2.68 bits per heavy atom. The summed E-state index contributed by atoms with van der Waals surface area (Å²) in [5.41, 5.74) is 7.36. The van der Waals surface area contributed by atoms with E-state index in [4.69, 9.17) is 10.5 Å². The van der Waals surface area contributed by atoms with Gasteiger partial charge < -0.3 is 25.5 Å². The Bertz CT molecular complexity index is 792. The molecule has 0 aliphatic carbocycles. The van der Waals surface area contributed by atoms with Gasteiger partial charge in [-0.15, -0.1) is 0 Å². The van der Waals surface area contributed by atoms with E-state index >= 15 is 0 Å². The number of aromatic nitrogens is 2. The number of ether oxygens (including phenoxy) is 1. The number of alkyl carbamates (subject to hydrolysis) is 1. The Hall–Kier alpha value is -2.77. The Morgan fingerprint density at radius 1 is 1.40 bits per heavy atom. The highest BCUT2D eigenvalue weighted by atomic mass is 16.6. The molecule has 8 heteroatoms. The highest BCUT2D eigenvalue weighted by Gasteiger charge is 2.24. The van der Waals surface area contributed by atoms with Crippen LogP contribution in [-0.4, -0.2) is 38.4 Å². The number of amides is 1. The van der Waals surface area contributed by atoms with E-state index in [0.29, 0.717) is 12.1 Å². The molecule has 1 unspecified atom stereocenters. The average molecular weight is 348 g/mol. The van der Waals surface area contributed by atoms with Gasteiger partial charge in [0.05, 0.1) is 11.0 Å². The van der Waals surface area contributed by atoms with Crippen LogP contribution in [0.4, 0.5) is 10.5 Å². The number of benzene rings is 1. The lowest BCUT2D eigenvalue weighted by Crippen LogP contribution is -2.43. The van der Waals surface area contributed by atoms with Gasteiger partial charge in [-0.2, -0.15) is 0 Å². The van der Waals surface area contributed by atoms with E-state index in [9.17, 15) is 14.7 Å². The third kappa shape index (κ3) is 4.85. The van der Waals surface area contributed by atoms with Crippen LogP contribution < -0.4 is 11.1 Å². The molecule has 8 nitrogen and oxygen atoms in total. The summed E-state index contributed by atoms with van der Waals surface area (Å²) in [5.74, 6) is -0.397. The van der Waals surface area contributed by atoms with Gasteiger partial charge in [0, 0.05) is 19.2 Å². The summed E-state index contributed by atoms with van der Waals surface area (Å²) in [7, 11) is 1.86. The molecule has 4 N–H and O–H groups in total. The minimum atomic E-state index is -1.12. The molecule has 0 fully saturated rings. The van der Waals surface area contributed by atoms with Crippen molar-refractivity contribution in [2.75, 3.05) is 5.73 Å². The topological polar surface area (TPSA) is 119 Å². The summed E-state index contributed by atoms with van der Waals surface area (Å²) >= 11 is 0. The number of aliphatic carboxylic acids is 1. The van der Waals surface area contributed by atoms with Crippen LogP contribution in [0.1, 0.15) is 33.0 Å². The number of nitrogen functional groups attached to an aromatic ring is 1. The van der Waals surface area contributed by atoms with Gasteiger partial charge in [-0.25, -0.2) is 14.6 Å². The van der Waals surface area contributed by atoms with Crippen LogP contribution in [0.3, 0.4) is 0 Å². The predicted octanol–water partition coefficient (Wildman–Crippen LogP) is 2.07. The van der Waals surface area contributed by atoms with Crippen molar-refractivity contribution in [2.45, 2.75) is 45.3 Å². The predicted molar refractivity (Wildman–Crippen MR) is 94.2 cm³/mol. The van der Waals surface area contributed by atoms with Crippen molar-refractivity contribution in [3.05, 3.63) is 24.0 Å². The molecule has 0 aliphatic heterocycles. The number of aryl methyl sites for hydroxylation is 2. The van der Waals surface area contributed by atoms with E-state index in [2.05, 4.69) is 10.3 Å². The van der Waals surface area contributed by atoms with Crippen molar-refractivity contribution in [3.63, 3.8) is 0 Å². The molecular formula is C17H24N4O4. The van der Waals surface area contributed by atoms with Gasteiger partial charge in [0.1, 0.15) is 17.5 Å². The number of rotatable bonds is 5. The fourth-order valence-corrected chi connectivity index (χ4v) is 2.47. The number of imidazole rings is 1. The van der Waals surface area contributed by atoms with Gasteiger partial charge in [-0.05, 0) is 45.4 Å². The molecule has 0 bridgehead atoms. The lowest BCUT2D eigenvalue weighted by atomic mass is 10.1. The van der Waals surface area contributed by atoms with E-state index in [-0.39, 0.29) is 6.42 Å². The molecule has 25 heavy (non-hydrogen) atoms. The van der Waals surface area contributed by atoms with Crippen molar-refractivity contribution in [2.24, 2.45) is 7.05 Å². The molecule has 1 atom stereocenters. The van der Waals surface area contributed by atoms with Crippen LogP contribution in [0.2, 0.25) is 0 Å². The Balaban J connectivity index is 2.07. The standard InChI is InChI=1S/C17H24N4O4/c1-17(2,3)25-16(24)20-11(15(22)23)6-8-14-19-12-9-10(18)5-7-13(12)21(14)4/h5,7,9,11H,6,8,18H2,1-4H3,(H,20,24)(H,22,23). The Labute approximate surface area is 146 Å². The number of hydrogen-bond acceptors (Lipinski definition) is 5. The molecule has 1 aromatic heterocycles. The zero-order chi connectivity index (χ0) is 18.8. The fourth-order valence-electron chi connectivity index (χ4n) is 2.47. The number of anilines is 1. The number of hydrogen-bond donors (Lipinski definition) is 3. The van der Waals surface area contributed by atoms with Gasteiger partial charge in [0.15, 0.2) is 0 Å². The molecule has 0 saturated carbocycles. The van der Waals surface area contributed by atoms with Gasteiger partial charge in [0.25, 0.3) is 0 Å². The molecule has 0 aliphatic rings. The number of fused-ring (bicyclic) bond motifs is 1. The third-order valence-corrected chi connectivity index (χ3v) is 3.64. The summed E-state index contributed by atoms with van der Waals surface area (Å²) in [6.07, 6.45) is -0.170. The largest absolute Gasteiger partial charge is 0.480 e. The van der Waals surface area contributed by atoms with Crippen molar-refractivity contribution in [1.29, 1.82) is 0 Å². The minimum absolute atomic E-state index is 0.196. The number of carboxylic acids is 1. The maximum atomic E-state index is 11.8. The normalized spacial score (nSPS) is 12.8. The molecule has 2 aromatic rings. The lowest BCUT2D eigenvalue weighted by Gasteiger charge is -2.22. The zero-order valence-electron chi connectivity index (χ0n) is 14.9. The smallest absolute Gasteiger partial charge is 0.408 e. The first-order valence-corrected chi connectivity index (χ1v) is 8.00. The maximum absolute atomic E-state index is 11.8. The number of nitrogens with one attached hydrogen (secondary N) is 1. The Kier molecular flexibility index (Phi) is 5.20. The molecule has 2 rings (SSSR count). The van der Waals surface area contributed by atoms with Crippen LogP contribution in [0.25, 0.3) is 11.0 Å². The first kappa shape index (κ1) is 18.6. The van der Waals surface area contributed by atoms with Crippen LogP contribution >= 0.6 is 0 Å². The van der Waals surface area contributed by atoms with E-state index in [1.54, 1.807) is 32.9 Å². The molecule has 1 amide bonds. The summed E-state index contributed by atoms with van der Waals surface area (Å²) in [5, 5.41) is 11.7. The third-order valence-electron chi connectivity index (χ3n) is 3.64. The van der Waals surface area contributed by atoms with E-state index in [1.807, 2.05) is 17.7 Å². The zero-order valence-corrected chi connectivity index (χ0v) is 14.9. The Morgan fingerprint density at radius 2 is 2.08 bits per heavy atom. The SMILES string of the molecule is Cn1c(CCC(NC(=O)OC(C)(C)C)C(=O)O)nc2cc(N)ccc21. The monoisotopic (exact) mass is 348 g/mol. The first-order chi connectivity index (χ1) is 11.6. The van der Waals surface area contributed by atoms with Crippen LogP contribution in [0.15, 0.2) is 18.2 Å². The number of nitrogens with two attached hydrogens (primary N) is 1. The summed E-state index contributed by atoms with van der Waals surface area (Å²) in [6, 6.07) is 4.37. The van der Waals surface area contributed by atoms with Crippen molar-refractivity contribution < 1.29 is 19.4 Å². The highest BCUT2D eigenvalue weighted by Crippen LogP contribution is 2.19. The molecule has 0 spiro atoms. The maximum Gasteiger partial charge on any atom is 0.408 e. The van der Waals surface area contributed by atoms with Gasteiger partial charge in [-0.3, -0.25) is 0 Å². The second-order valence-electron chi connectivity index (χ2n) is 6.91. The minimum Gasteiger partial charge on any atom is -0.480 e. The van der Waals surface area contributed by atoms with Crippen molar-refractivity contribution in [3.8, 4) is 0 Å². The second-order valence-corrected chi connectivity index (χ2v) is 6.91. The molecule has 0 saturated heterocycles. The number of carbonyl (C=O) groups is 2. The fraction of sp³-hybridized carbons (Fsp3) is 0.471. The van der Waals surface area contributed by atoms with Crippen LogP contribution in [-0.2, 0) is 23.0 Å².